The highest BCUT2D eigenvalue weighted by Gasteiger charge is 2.31. The number of aliphatic hydroxyl groups is 1. The molecule has 0 aliphatic heterocycles. The van der Waals surface area contributed by atoms with Gasteiger partial charge in [-0.15, -0.1) is 0 Å². The molecule has 1 aliphatic carbocycles. The van der Waals surface area contributed by atoms with Crippen LogP contribution in [0.15, 0.2) is 11.6 Å². The first kappa shape index (κ1) is 9.19. The average molecular weight is 171 g/mol. The summed E-state index contributed by atoms with van der Waals surface area (Å²) in [6, 6.07) is -0.608. The van der Waals surface area contributed by atoms with Gasteiger partial charge in [-0.1, -0.05) is 6.92 Å². The van der Waals surface area contributed by atoms with Gasteiger partial charge in [-0.05, 0) is 24.5 Å². The molecule has 4 nitrogen and oxygen atoms in total. The summed E-state index contributed by atoms with van der Waals surface area (Å²) in [6.07, 6.45) is 1.48. The van der Waals surface area contributed by atoms with Crippen LogP contribution in [0.5, 0.6) is 0 Å². The van der Waals surface area contributed by atoms with Crippen LogP contribution in [0.3, 0.4) is 0 Å². The van der Waals surface area contributed by atoms with Crippen molar-refractivity contribution in [2.45, 2.75) is 32.4 Å². The molecule has 68 valence electrons. The minimum absolute atomic E-state index is 0.00889. The summed E-state index contributed by atoms with van der Waals surface area (Å²) in [6.45, 7) is 3.56. The summed E-state index contributed by atoms with van der Waals surface area (Å²) >= 11 is 0. The molecule has 0 radical (unpaired) electrons. The lowest BCUT2D eigenvalue weighted by atomic mass is 9.86. The number of aliphatic hydroxyl groups excluding tert-OH is 1. The van der Waals surface area contributed by atoms with Crippen LogP contribution in [-0.4, -0.2) is 22.2 Å². The predicted molar refractivity (Wildman–Crippen MR) is 44.3 cm³/mol. The van der Waals surface area contributed by atoms with E-state index in [0.717, 1.165) is 5.57 Å². The fourth-order valence-corrected chi connectivity index (χ4v) is 1.58. The quantitative estimate of drug-likeness (QED) is 0.363. The molecule has 0 spiro atoms. The molecule has 3 unspecified atom stereocenters. The molecule has 0 fully saturated rings. The van der Waals surface area contributed by atoms with E-state index in [1.165, 1.54) is 0 Å². The van der Waals surface area contributed by atoms with Crippen molar-refractivity contribution in [3.8, 4) is 0 Å². The summed E-state index contributed by atoms with van der Waals surface area (Å²) in [5.74, 6) is -0.00889. The van der Waals surface area contributed by atoms with Crippen molar-refractivity contribution in [1.29, 1.82) is 0 Å². The van der Waals surface area contributed by atoms with Gasteiger partial charge >= 0.3 is 0 Å². The Morgan fingerprint density at radius 1 is 1.75 bits per heavy atom. The first-order chi connectivity index (χ1) is 5.52. The van der Waals surface area contributed by atoms with Crippen molar-refractivity contribution < 1.29 is 10.0 Å². The Balaban J connectivity index is 2.80. The molecule has 1 aliphatic rings. The minimum atomic E-state index is -0.608. The molecule has 4 heteroatoms. The molecule has 0 aromatic rings. The van der Waals surface area contributed by atoms with E-state index in [4.69, 9.17) is 0 Å². The Bertz CT molecular complexity index is 224. The van der Waals surface area contributed by atoms with Gasteiger partial charge in [0.2, 0.25) is 6.04 Å². The summed E-state index contributed by atoms with van der Waals surface area (Å²) < 4.78 is 0. The van der Waals surface area contributed by atoms with Crippen LogP contribution < -0.4 is 0 Å². The standard InChI is InChI=1S/C8H13NO3/c1-5-3-7(9(11)12)4-6(2)8(5)10/h3,6-8,10H,4H2,1-2H3. The van der Waals surface area contributed by atoms with E-state index in [-0.39, 0.29) is 10.8 Å². The summed E-state index contributed by atoms with van der Waals surface area (Å²) in [7, 11) is 0. The van der Waals surface area contributed by atoms with Crippen LogP contribution >= 0.6 is 0 Å². The fraction of sp³-hybridized carbons (Fsp3) is 0.750. The number of rotatable bonds is 1. The third-order valence-corrected chi connectivity index (χ3v) is 2.34. The van der Waals surface area contributed by atoms with Gasteiger partial charge in [-0.2, -0.15) is 0 Å². The van der Waals surface area contributed by atoms with Crippen LogP contribution in [0.1, 0.15) is 20.3 Å². The van der Waals surface area contributed by atoms with Crippen molar-refractivity contribution >= 4 is 0 Å². The lowest BCUT2D eigenvalue weighted by Crippen LogP contribution is -2.32. The maximum Gasteiger partial charge on any atom is 0.232 e. The van der Waals surface area contributed by atoms with E-state index in [1.54, 1.807) is 13.0 Å². The van der Waals surface area contributed by atoms with Gasteiger partial charge in [-0.3, -0.25) is 10.1 Å². The van der Waals surface area contributed by atoms with Gasteiger partial charge < -0.3 is 5.11 Å². The van der Waals surface area contributed by atoms with E-state index in [1.807, 2.05) is 6.92 Å². The van der Waals surface area contributed by atoms with Crippen molar-refractivity contribution in [2.24, 2.45) is 5.92 Å². The predicted octanol–water partition coefficient (Wildman–Crippen LogP) is 0.979. The van der Waals surface area contributed by atoms with Gasteiger partial charge in [0, 0.05) is 11.3 Å². The fourth-order valence-electron chi connectivity index (χ4n) is 1.58. The Morgan fingerprint density at radius 2 is 2.33 bits per heavy atom. The second kappa shape index (κ2) is 3.23. The third-order valence-electron chi connectivity index (χ3n) is 2.34. The Labute approximate surface area is 71.0 Å². The van der Waals surface area contributed by atoms with E-state index in [2.05, 4.69) is 0 Å². The van der Waals surface area contributed by atoms with Crippen molar-refractivity contribution in [3.63, 3.8) is 0 Å². The highest BCUT2D eigenvalue weighted by atomic mass is 16.6. The van der Waals surface area contributed by atoms with Crippen LogP contribution in [0.4, 0.5) is 0 Å². The maximum atomic E-state index is 10.4. The Hall–Kier alpha value is -0.900. The topological polar surface area (TPSA) is 63.4 Å². The van der Waals surface area contributed by atoms with Crippen LogP contribution in [0.2, 0.25) is 0 Å². The number of hydrogen-bond donors (Lipinski definition) is 1. The zero-order chi connectivity index (χ0) is 9.30. The van der Waals surface area contributed by atoms with E-state index in [9.17, 15) is 15.2 Å². The largest absolute Gasteiger partial charge is 0.388 e. The molecule has 0 heterocycles. The SMILES string of the molecule is CC1=CC([N+](=O)[O-])CC(C)C1O. The van der Waals surface area contributed by atoms with E-state index in [0.29, 0.717) is 6.42 Å². The first-order valence-electron chi connectivity index (χ1n) is 4.02. The molecule has 0 saturated heterocycles. The summed E-state index contributed by atoms with van der Waals surface area (Å²) in [5.41, 5.74) is 0.718. The molecule has 1 rings (SSSR count). The molecule has 0 amide bonds. The molecule has 12 heavy (non-hydrogen) atoms. The second-order valence-electron chi connectivity index (χ2n) is 3.42. The molecule has 3 atom stereocenters. The second-order valence-corrected chi connectivity index (χ2v) is 3.42. The van der Waals surface area contributed by atoms with Crippen LogP contribution in [0.25, 0.3) is 0 Å². The van der Waals surface area contributed by atoms with Crippen LogP contribution in [-0.2, 0) is 0 Å². The molecular weight excluding hydrogens is 158 g/mol. The third kappa shape index (κ3) is 1.64. The minimum Gasteiger partial charge on any atom is -0.388 e. The van der Waals surface area contributed by atoms with Gasteiger partial charge in [0.15, 0.2) is 0 Å². The summed E-state index contributed by atoms with van der Waals surface area (Å²) in [5, 5.41) is 19.9. The van der Waals surface area contributed by atoms with Gasteiger partial charge in [-0.25, -0.2) is 0 Å². The number of nitrogens with zero attached hydrogens (tertiary/aromatic N) is 1. The van der Waals surface area contributed by atoms with Crippen molar-refractivity contribution in [2.75, 3.05) is 0 Å². The number of nitro groups is 1. The van der Waals surface area contributed by atoms with Gasteiger partial charge in [0.05, 0.1) is 6.10 Å². The smallest absolute Gasteiger partial charge is 0.232 e. The Kier molecular flexibility index (Phi) is 2.47. The zero-order valence-electron chi connectivity index (χ0n) is 7.23. The monoisotopic (exact) mass is 171 g/mol. The lowest BCUT2D eigenvalue weighted by Gasteiger charge is -2.25. The maximum absolute atomic E-state index is 10.4. The number of hydrogen-bond acceptors (Lipinski definition) is 3. The molecule has 0 bridgehead atoms. The van der Waals surface area contributed by atoms with E-state index >= 15 is 0 Å². The molecule has 0 aromatic carbocycles. The zero-order valence-corrected chi connectivity index (χ0v) is 7.23. The first-order valence-corrected chi connectivity index (χ1v) is 4.02. The van der Waals surface area contributed by atoms with Crippen molar-refractivity contribution in [3.05, 3.63) is 21.8 Å². The molecular formula is C8H13NO3. The molecule has 1 N–H and O–H groups in total. The van der Waals surface area contributed by atoms with Crippen LogP contribution in [0, 0.1) is 16.0 Å². The highest BCUT2D eigenvalue weighted by Crippen LogP contribution is 2.25. The average Bonchev–Trinajstić information content (AvgIpc) is 1.99. The Morgan fingerprint density at radius 3 is 2.75 bits per heavy atom. The molecule has 0 saturated carbocycles. The van der Waals surface area contributed by atoms with Crippen molar-refractivity contribution in [1.82, 2.24) is 0 Å². The summed E-state index contributed by atoms with van der Waals surface area (Å²) in [4.78, 5) is 10.1. The van der Waals surface area contributed by atoms with E-state index < -0.39 is 12.1 Å². The molecule has 0 aromatic heterocycles. The van der Waals surface area contributed by atoms with Gasteiger partial charge in [0.1, 0.15) is 0 Å². The highest BCUT2D eigenvalue weighted by molar-refractivity contribution is 5.13. The normalized spacial score (nSPS) is 35.9. The van der Waals surface area contributed by atoms with Gasteiger partial charge in [0.25, 0.3) is 0 Å². The lowest BCUT2D eigenvalue weighted by molar-refractivity contribution is -0.512.